The Kier molecular flexibility index (Phi) is 8.84. The molecule has 2 N–H and O–H groups in total. The summed E-state index contributed by atoms with van der Waals surface area (Å²) >= 11 is 0. The maximum Gasteiger partial charge on any atom is 0.0304 e. The van der Waals surface area contributed by atoms with E-state index in [0.717, 1.165) is 12.5 Å². The van der Waals surface area contributed by atoms with Crippen LogP contribution >= 0.6 is 0 Å². The van der Waals surface area contributed by atoms with Gasteiger partial charge >= 0.3 is 0 Å². The summed E-state index contributed by atoms with van der Waals surface area (Å²) in [5.41, 5.74) is 6.36. The Balaban J connectivity index is 2.34. The highest BCUT2D eigenvalue weighted by atomic mass is 15.3. The second-order valence-corrected chi connectivity index (χ2v) is 7.55. The standard InChI is InChI=1S/C18H39N3/c1-5-6-7-8-9-10-18(4,16-19)21-13-11-20(12-14-21)15-17(2)3/h17H,5-16,19H2,1-4H3. The van der Waals surface area contributed by atoms with Crippen molar-refractivity contribution in [3.8, 4) is 0 Å². The summed E-state index contributed by atoms with van der Waals surface area (Å²) in [6, 6.07) is 0. The molecule has 1 rings (SSSR count). The molecule has 1 heterocycles. The van der Waals surface area contributed by atoms with Crippen molar-refractivity contribution in [1.82, 2.24) is 9.80 Å². The summed E-state index contributed by atoms with van der Waals surface area (Å²) in [4.78, 5) is 5.27. The van der Waals surface area contributed by atoms with Gasteiger partial charge in [0.25, 0.3) is 0 Å². The summed E-state index contributed by atoms with van der Waals surface area (Å²) in [7, 11) is 0. The topological polar surface area (TPSA) is 32.5 Å². The van der Waals surface area contributed by atoms with Gasteiger partial charge in [0.1, 0.15) is 0 Å². The van der Waals surface area contributed by atoms with Crippen LogP contribution in [-0.4, -0.2) is 54.6 Å². The normalized spacial score (nSPS) is 20.9. The first-order valence-electron chi connectivity index (χ1n) is 9.19. The van der Waals surface area contributed by atoms with E-state index >= 15 is 0 Å². The minimum Gasteiger partial charge on any atom is -0.329 e. The highest BCUT2D eigenvalue weighted by Gasteiger charge is 2.32. The molecule has 1 atom stereocenters. The van der Waals surface area contributed by atoms with Gasteiger partial charge in [0.2, 0.25) is 0 Å². The lowest BCUT2D eigenvalue weighted by Gasteiger charge is -2.46. The van der Waals surface area contributed by atoms with Crippen LogP contribution in [0.5, 0.6) is 0 Å². The number of nitrogens with two attached hydrogens (primary N) is 1. The lowest BCUT2D eigenvalue weighted by atomic mass is 9.91. The van der Waals surface area contributed by atoms with Gasteiger partial charge in [-0.3, -0.25) is 4.90 Å². The first-order chi connectivity index (χ1) is 10.0. The molecule has 0 spiro atoms. The summed E-state index contributed by atoms with van der Waals surface area (Å²) in [5.74, 6) is 0.774. The molecule has 0 amide bonds. The molecule has 0 aromatic heterocycles. The molecule has 1 fully saturated rings. The Morgan fingerprint density at radius 2 is 1.62 bits per heavy atom. The molecular formula is C18H39N3. The molecule has 1 saturated heterocycles. The molecule has 0 aromatic carbocycles. The fraction of sp³-hybridized carbons (Fsp3) is 1.00. The third kappa shape index (κ3) is 6.66. The fourth-order valence-electron chi connectivity index (χ4n) is 3.49. The summed E-state index contributed by atoms with van der Waals surface area (Å²) in [6.07, 6.45) is 8.06. The molecule has 1 aliphatic rings. The second kappa shape index (κ2) is 9.81. The highest BCUT2D eigenvalue weighted by molar-refractivity contribution is 4.90. The van der Waals surface area contributed by atoms with E-state index in [2.05, 4.69) is 37.5 Å². The van der Waals surface area contributed by atoms with Crippen LogP contribution in [0.25, 0.3) is 0 Å². The zero-order valence-corrected chi connectivity index (χ0v) is 15.0. The van der Waals surface area contributed by atoms with Crippen LogP contribution in [0, 0.1) is 5.92 Å². The van der Waals surface area contributed by atoms with Gasteiger partial charge in [0.15, 0.2) is 0 Å². The van der Waals surface area contributed by atoms with Crippen molar-refractivity contribution in [2.24, 2.45) is 11.7 Å². The van der Waals surface area contributed by atoms with Gasteiger partial charge < -0.3 is 10.6 Å². The van der Waals surface area contributed by atoms with E-state index in [0.29, 0.717) is 0 Å². The first kappa shape index (κ1) is 18.9. The van der Waals surface area contributed by atoms with E-state index in [1.54, 1.807) is 0 Å². The van der Waals surface area contributed by atoms with Gasteiger partial charge in [-0.15, -0.1) is 0 Å². The highest BCUT2D eigenvalue weighted by Crippen LogP contribution is 2.24. The Labute approximate surface area is 133 Å². The SMILES string of the molecule is CCCCCCCC(C)(CN)N1CCN(CC(C)C)CC1. The number of piperazine rings is 1. The minimum absolute atomic E-state index is 0.218. The second-order valence-electron chi connectivity index (χ2n) is 7.55. The van der Waals surface area contributed by atoms with Crippen molar-refractivity contribution >= 4 is 0 Å². The predicted octanol–water partition coefficient (Wildman–Crippen LogP) is 3.34. The van der Waals surface area contributed by atoms with Crippen LogP contribution in [-0.2, 0) is 0 Å². The van der Waals surface area contributed by atoms with Gasteiger partial charge in [-0.05, 0) is 19.3 Å². The Morgan fingerprint density at radius 3 is 2.14 bits per heavy atom. The van der Waals surface area contributed by atoms with Crippen molar-refractivity contribution in [2.75, 3.05) is 39.3 Å². The number of hydrogen-bond donors (Lipinski definition) is 1. The van der Waals surface area contributed by atoms with Crippen molar-refractivity contribution < 1.29 is 0 Å². The molecule has 0 saturated carbocycles. The summed E-state index contributed by atoms with van der Waals surface area (Å²) in [5, 5.41) is 0. The monoisotopic (exact) mass is 297 g/mol. The van der Waals surface area contributed by atoms with Gasteiger partial charge in [-0.1, -0.05) is 52.9 Å². The van der Waals surface area contributed by atoms with E-state index < -0.39 is 0 Å². The molecule has 3 heteroatoms. The molecule has 0 radical (unpaired) electrons. The van der Waals surface area contributed by atoms with E-state index in [1.165, 1.54) is 71.2 Å². The number of nitrogens with zero attached hydrogens (tertiary/aromatic N) is 2. The van der Waals surface area contributed by atoms with Crippen LogP contribution in [0.3, 0.4) is 0 Å². The van der Waals surface area contributed by atoms with Crippen molar-refractivity contribution in [2.45, 2.75) is 71.8 Å². The Morgan fingerprint density at radius 1 is 1.00 bits per heavy atom. The Hall–Kier alpha value is -0.120. The lowest BCUT2D eigenvalue weighted by Crippen LogP contribution is -2.59. The van der Waals surface area contributed by atoms with Crippen LogP contribution in [0.4, 0.5) is 0 Å². The number of hydrogen-bond acceptors (Lipinski definition) is 3. The van der Waals surface area contributed by atoms with Crippen LogP contribution in [0.2, 0.25) is 0 Å². The molecule has 21 heavy (non-hydrogen) atoms. The van der Waals surface area contributed by atoms with E-state index in [9.17, 15) is 0 Å². The third-order valence-corrected chi connectivity index (χ3v) is 5.02. The molecule has 0 bridgehead atoms. The molecule has 126 valence electrons. The van der Waals surface area contributed by atoms with Gasteiger partial charge in [0, 0.05) is 44.8 Å². The van der Waals surface area contributed by atoms with Crippen LogP contribution in [0.15, 0.2) is 0 Å². The molecular weight excluding hydrogens is 258 g/mol. The number of unbranched alkanes of at least 4 members (excludes halogenated alkanes) is 4. The molecule has 1 unspecified atom stereocenters. The fourth-order valence-corrected chi connectivity index (χ4v) is 3.49. The average molecular weight is 298 g/mol. The van der Waals surface area contributed by atoms with Crippen molar-refractivity contribution in [3.05, 3.63) is 0 Å². The smallest absolute Gasteiger partial charge is 0.0304 e. The minimum atomic E-state index is 0.218. The summed E-state index contributed by atoms with van der Waals surface area (Å²) < 4.78 is 0. The van der Waals surface area contributed by atoms with Crippen molar-refractivity contribution in [1.29, 1.82) is 0 Å². The predicted molar refractivity (Wildman–Crippen MR) is 93.7 cm³/mol. The quantitative estimate of drug-likeness (QED) is 0.628. The lowest BCUT2D eigenvalue weighted by molar-refractivity contribution is 0.0362. The third-order valence-electron chi connectivity index (χ3n) is 5.02. The molecule has 1 aliphatic heterocycles. The van der Waals surface area contributed by atoms with E-state index in [1.807, 2.05) is 0 Å². The Bertz CT molecular complexity index is 259. The maximum absolute atomic E-state index is 6.14. The largest absolute Gasteiger partial charge is 0.329 e. The van der Waals surface area contributed by atoms with E-state index in [4.69, 9.17) is 5.73 Å². The number of rotatable bonds is 10. The van der Waals surface area contributed by atoms with Crippen LogP contribution in [0.1, 0.15) is 66.2 Å². The van der Waals surface area contributed by atoms with Crippen molar-refractivity contribution in [3.63, 3.8) is 0 Å². The maximum atomic E-state index is 6.14. The molecule has 3 nitrogen and oxygen atoms in total. The van der Waals surface area contributed by atoms with E-state index in [-0.39, 0.29) is 5.54 Å². The molecule has 0 aromatic rings. The first-order valence-corrected chi connectivity index (χ1v) is 9.19. The zero-order valence-electron chi connectivity index (χ0n) is 15.0. The van der Waals surface area contributed by atoms with Gasteiger partial charge in [0.05, 0.1) is 0 Å². The molecule has 0 aliphatic carbocycles. The summed E-state index contributed by atoms with van der Waals surface area (Å²) in [6.45, 7) is 16.1. The van der Waals surface area contributed by atoms with Crippen LogP contribution < -0.4 is 5.73 Å². The average Bonchev–Trinajstić information content (AvgIpc) is 2.47. The zero-order chi connectivity index (χ0) is 15.7. The van der Waals surface area contributed by atoms with Gasteiger partial charge in [-0.25, -0.2) is 0 Å². The van der Waals surface area contributed by atoms with Gasteiger partial charge in [-0.2, -0.15) is 0 Å².